The Labute approximate surface area is 134 Å². The highest BCUT2D eigenvalue weighted by molar-refractivity contribution is 6.01. The maximum Gasteiger partial charge on any atom is 0.204 e. The molecule has 0 radical (unpaired) electrons. The van der Waals surface area contributed by atoms with Crippen molar-refractivity contribution in [1.82, 2.24) is 0 Å². The molecule has 0 aliphatic heterocycles. The lowest BCUT2D eigenvalue weighted by atomic mass is 10.1. The highest BCUT2D eigenvalue weighted by Crippen LogP contribution is 2.40. The Morgan fingerprint density at radius 3 is 2.35 bits per heavy atom. The minimum Gasteiger partial charge on any atom is -0.496 e. The Hall–Kier alpha value is -2.69. The quantitative estimate of drug-likeness (QED) is 0.694. The molecule has 0 saturated carbocycles. The molecule has 0 N–H and O–H groups in total. The monoisotopic (exact) mass is 313 g/mol. The Bertz CT molecular complexity index is 957. The molecule has 5 nitrogen and oxygen atoms in total. The molecule has 0 unspecified atom stereocenters. The van der Waals surface area contributed by atoms with Gasteiger partial charge in [0, 0.05) is 20.2 Å². The van der Waals surface area contributed by atoms with E-state index in [-0.39, 0.29) is 5.43 Å². The lowest BCUT2D eigenvalue weighted by molar-refractivity contribution is 0.397. The van der Waals surface area contributed by atoms with Gasteiger partial charge in [0.15, 0.2) is 5.58 Å². The summed E-state index contributed by atoms with van der Waals surface area (Å²) in [4.78, 5) is 14.8. The normalized spacial score (nSPS) is 11.0. The molecular formula is C18H19NO4. The van der Waals surface area contributed by atoms with Gasteiger partial charge in [-0.05, 0) is 24.6 Å². The van der Waals surface area contributed by atoms with Crippen molar-refractivity contribution in [2.75, 3.05) is 33.2 Å². The zero-order valence-electron chi connectivity index (χ0n) is 13.9. The predicted octanol–water partition coefficient (Wildman–Crippen LogP) is 3.34. The SMILES string of the molecule is COc1cc(OC)c2c(=O)c3ccc(C)cc3oc2c1N(C)C. The van der Waals surface area contributed by atoms with E-state index in [2.05, 4.69) is 0 Å². The van der Waals surface area contributed by atoms with E-state index >= 15 is 0 Å². The van der Waals surface area contributed by atoms with Gasteiger partial charge in [0.1, 0.15) is 28.2 Å². The molecule has 0 aliphatic carbocycles. The van der Waals surface area contributed by atoms with E-state index in [1.165, 1.54) is 7.11 Å². The fourth-order valence-corrected chi connectivity index (χ4v) is 2.80. The number of anilines is 1. The summed E-state index contributed by atoms with van der Waals surface area (Å²) in [6, 6.07) is 7.26. The third kappa shape index (κ3) is 2.29. The van der Waals surface area contributed by atoms with Crippen LogP contribution in [0.1, 0.15) is 5.56 Å². The lowest BCUT2D eigenvalue weighted by Gasteiger charge is -2.19. The van der Waals surface area contributed by atoms with Gasteiger partial charge in [-0.3, -0.25) is 4.79 Å². The molecule has 5 heteroatoms. The number of fused-ring (bicyclic) bond motifs is 2. The molecule has 3 rings (SSSR count). The molecule has 0 fully saturated rings. The van der Waals surface area contributed by atoms with Crippen molar-refractivity contribution in [1.29, 1.82) is 0 Å². The van der Waals surface area contributed by atoms with Crippen LogP contribution >= 0.6 is 0 Å². The molecule has 23 heavy (non-hydrogen) atoms. The number of ether oxygens (including phenoxy) is 2. The first-order valence-electron chi connectivity index (χ1n) is 7.27. The highest BCUT2D eigenvalue weighted by Gasteiger charge is 2.21. The van der Waals surface area contributed by atoms with Crippen LogP contribution in [0.15, 0.2) is 33.5 Å². The number of hydrogen-bond donors (Lipinski definition) is 0. The van der Waals surface area contributed by atoms with E-state index in [0.29, 0.717) is 39.1 Å². The van der Waals surface area contributed by atoms with Crippen LogP contribution in [0.2, 0.25) is 0 Å². The van der Waals surface area contributed by atoms with Crippen molar-refractivity contribution in [3.63, 3.8) is 0 Å². The summed E-state index contributed by atoms with van der Waals surface area (Å²) in [5.74, 6) is 1.04. The molecule has 0 spiro atoms. The van der Waals surface area contributed by atoms with Gasteiger partial charge in [-0.2, -0.15) is 0 Å². The van der Waals surface area contributed by atoms with E-state index in [0.717, 1.165) is 5.56 Å². The molecule has 0 atom stereocenters. The van der Waals surface area contributed by atoms with Crippen molar-refractivity contribution in [3.05, 3.63) is 40.1 Å². The van der Waals surface area contributed by atoms with Gasteiger partial charge >= 0.3 is 0 Å². The fourth-order valence-electron chi connectivity index (χ4n) is 2.80. The van der Waals surface area contributed by atoms with Crippen LogP contribution in [-0.2, 0) is 0 Å². The van der Waals surface area contributed by atoms with E-state index in [1.54, 1.807) is 19.2 Å². The van der Waals surface area contributed by atoms with E-state index in [1.807, 2.05) is 38.1 Å². The zero-order valence-corrected chi connectivity index (χ0v) is 13.9. The summed E-state index contributed by atoms with van der Waals surface area (Å²) < 4.78 is 16.9. The van der Waals surface area contributed by atoms with Gasteiger partial charge in [-0.15, -0.1) is 0 Å². The van der Waals surface area contributed by atoms with Crippen LogP contribution in [0.4, 0.5) is 5.69 Å². The number of methoxy groups -OCH3 is 2. The Morgan fingerprint density at radius 1 is 1.04 bits per heavy atom. The van der Waals surface area contributed by atoms with E-state index in [9.17, 15) is 4.79 Å². The van der Waals surface area contributed by atoms with E-state index in [4.69, 9.17) is 13.9 Å². The average Bonchev–Trinajstić information content (AvgIpc) is 2.52. The van der Waals surface area contributed by atoms with Crippen LogP contribution in [0.5, 0.6) is 11.5 Å². The summed E-state index contributed by atoms with van der Waals surface area (Å²) >= 11 is 0. The summed E-state index contributed by atoms with van der Waals surface area (Å²) in [6.45, 7) is 1.96. The molecule has 0 saturated heterocycles. The Balaban J connectivity index is 2.60. The standard InChI is InChI=1S/C18H19NO4/c1-10-6-7-11-12(8-10)23-18-15(17(11)20)13(21-4)9-14(22-5)16(18)19(2)3/h6-9H,1-5H3. The molecule has 0 aliphatic rings. The molecule has 1 heterocycles. The van der Waals surface area contributed by atoms with Gasteiger partial charge in [-0.25, -0.2) is 0 Å². The maximum absolute atomic E-state index is 13.0. The first kappa shape index (κ1) is 15.2. The van der Waals surface area contributed by atoms with Crippen LogP contribution in [-0.4, -0.2) is 28.3 Å². The smallest absolute Gasteiger partial charge is 0.204 e. The van der Waals surface area contributed by atoms with Gasteiger partial charge in [0.2, 0.25) is 5.43 Å². The highest BCUT2D eigenvalue weighted by atomic mass is 16.5. The minimum atomic E-state index is -0.108. The average molecular weight is 313 g/mol. The Morgan fingerprint density at radius 2 is 1.74 bits per heavy atom. The molecule has 3 aromatic rings. The van der Waals surface area contributed by atoms with Crippen LogP contribution in [0.3, 0.4) is 0 Å². The second-order valence-corrected chi connectivity index (χ2v) is 5.66. The van der Waals surface area contributed by atoms with Gasteiger partial charge in [0.05, 0.1) is 19.6 Å². The number of nitrogens with zero attached hydrogens (tertiary/aromatic N) is 1. The summed E-state index contributed by atoms with van der Waals surface area (Å²) in [6.07, 6.45) is 0. The summed E-state index contributed by atoms with van der Waals surface area (Å²) in [5, 5.41) is 0.963. The first-order valence-corrected chi connectivity index (χ1v) is 7.27. The fraction of sp³-hybridized carbons (Fsp3) is 0.278. The zero-order chi connectivity index (χ0) is 16.7. The van der Waals surface area contributed by atoms with Gasteiger partial charge < -0.3 is 18.8 Å². The molecule has 1 aromatic heterocycles. The van der Waals surface area contributed by atoms with Crippen molar-refractivity contribution in [2.45, 2.75) is 6.92 Å². The lowest BCUT2D eigenvalue weighted by Crippen LogP contribution is -2.13. The van der Waals surface area contributed by atoms with Crippen LogP contribution in [0.25, 0.3) is 21.9 Å². The van der Waals surface area contributed by atoms with Crippen LogP contribution < -0.4 is 19.8 Å². The summed E-state index contributed by atoms with van der Waals surface area (Å²) in [5.41, 5.74) is 2.66. The van der Waals surface area contributed by atoms with Crippen molar-refractivity contribution >= 4 is 27.6 Å². The number of benzene rings is 2. The number of hydrogen-bond acceptors (Lipinski definition) is 5. The second-order valence-electron chi connectivity index (χ2n) is 5.66. The van der Waals surface area contributed by atoms with Crippen molar-refractivity contribution < 1.29 is 13.9 Å². The molecule has 0 bridgehead atoms. The number of aryl methyl sites for hydroxylation is 1. The second kappa shape index (κ2) is 5.50. The molecule has 120 valence electrons. The third-order valence-corrected chi connectivity index (χ3v) is 3.89. The first-order chi connectivity index (χ1) is 11.0. The predicted molar refractivity (Wildman–Crippen MR) is 92.2 cm³/mol. The molecular weight excluding hydrogens is 294 g/mol. The van der Waals surface area contributed by atoms with Gasteiger partial charge in [-0.1, -0.05) is 6.07 Å². The third-order valence-electron chi connectivity index (χ3n) is 3.89. The van der Waals surface area contributed by atoms with Gasteiger partial charge in [0.25, 0.3) is 0 Å². The van der Waals surface area contributed by atoms with Crippen molar-refractivity contribution in [3.8, 4) is 11.5 Å². The van der Waals surface area contributed by atoms with E-state index < -0.39 is 0 Å². The van der Waals surface area contributed by atoms with Crippen LogP contribution in [0, 0.1) is 6.92 Å². The minimum absolute atomic E-state index is 0.108. The van der Waals surface area contributed by atoms with Crippen molar-refractivity contribution in [2.24, 2.45) is 0 Å². The number of rotatable bonds is 3. The Kier molecular flexibility index (Phi) is 3.64. The molecule has 2 aromatic carbocycles. The molecule has 0 amide bonds. The maximum atomic E-state index is 13.0. The topological polar surface area (TPSA) is 51.9 Å². The summed E-state index contributed by atoms with van der Waals surface area (Å²) in [7, 11) is 6.87. The largest absolute Gasteiger partial charge is 0.496 e.